The third kappa shape index (κ3) is 4.96. The van der Waals surface area contributed by atoms with E-state index in [1.54, 1.807) is 11.0 Å². The highest BCUT2D eigenvalue weighted by atomic mass is 32.1. The van der Waals surface area contributed by atoms with Crippen LogP contribution in [0.2, 0.25) is 0 Å². The molecule has 0 spiro atoms. The number of nitrogens with one attached hydrogen (secondary N) is 3. The van der Waals surface area contributed by atoms with E-state index in [-0.39, 0.29) is 23.8 Å². The number of benzene rings is 1. The Morgan fingerprint density at radius 2 is 1.97 bits per heavy atom. The summed E-state index contributed by atoms with van der Waals surface area (Å²) in [5, 5.41) is 10.7. The van der Waals surface area contributed by atoms with Gasteiger partial charge in [0.15, 0.2) is 0 Å². The maximum atomic E-state index is 13.2. The van der Waals surface area contributed by atoms with Gasteiger partial charge in [0.05, 0.1) is 0 Å². The van der Waals surface area contributed by atoms with Crippen LogP contribution in [0.1, 0.15) is 35.7 Å². The Labute approximate surface area is 184 Å². The van der Waals surface area contributed by atoms with Crippen molar-refractivity contribution in [3.05, 3.63) is 58.4 Å². The molecule has 0 bridgehead atoms. The van der Waals surface area contributed by atoms with E-state index in [0.717, 1.165) is 16.5 Å². The van der Waals surface area contributed by atoms with Gasteiger partial charge in [-0.3, -0.25) is 14.4 Å². The van der Waals surface area contributed by atoms with Crippen molar-refractivity contribution in [3.8, 4) is 0 Å². The molecule has 3 N–H and O–H groups in total. The second-order valence-electron chi connectivity index (χ2n) is 7.90. The van der Waals surface area contributed by atoms with Crippen LogP contribution in [0.3, 0.4) is 0 Å². The second-order valence-corrected chi connectivity index (χ2v) is 8.68. The van der Waals surface area contributed by atoms with Crippen molar-refractivity contribution in [3.63, 3.8) is 0 Å². The van der Waals surface area contributed by atoms with Crippen molar-refractivity contribution in [2.24, 2.45) is 0 Å². The fraction of sp³-hybridized carbons (Fsp3) is 0.348. The normalized spacial score (nSPS) is 15.6. The molecule has 0 saturated carbocycles. The summed E-state index contributed by atoms with van der Waals surface area (Å²) >= 11 is 1.49. The Balaban J connectivity index is 1.38. The molecule has 1 fully saturated rings. The molecule has 1 saturated heterocycles. The number of piperidine rings is 1. The number of aromatic amines is 1. The lowest BCUT2D eigenvalue weighted by Gasteiger charge is -2.34. The molecule has 31 heavy (non-hydrogen) atoms. The lowest BCUT2D eigenvalue weighted by molar-refractivity contribution is -0.137. The predicted octanol–water partition coefficient (Wildman–Crippen LogP) is 2.70. The average molecular weight is 439 g/mol. The summed E-state index contributed by atoms with van der Waals surface area (Å²) < 4.78 is 0. The molecule has 7 nitrogen and oxygen atoms in total. The molecule has 1 unspecified atom stereocenters. The number of hydrogen-bond acceptors (Lipinski definition) is 4. The maximum absolute atomic E-state index is 13.2. The van der Waals surface area contributed by atoms with E-state index >= 15 is 0 Å². The first-order chi connectivity index (χ1) is 15.0. The van der Waals surface area contributed by atoms with Gasteiger partial charge in [-0.1, -0.05) is 18.2 Å². The van der Waals surface area contributed by atoms with Crippen LogP contribution in [-0.2, 0) is 16.0 Å². The van der Waals surface area contributed by atoms with Crippen molar-refractivity contribution < 1.29 is 14.4 Å². The highest BCUT2D eigenvalue weighted by molar-refractivity contribution is 7.08. The Kier molecular flexibility index (Phi) is 6.36. The highest BCUT2D eigenvalue weighted by Gasteiger charge is 2.30. The van der Waals surface area contributed by atoms with Crippen molar-refractivity contribution >= 4 is 40.0 Å². The Hall–Kier alpha value is -3.13. The van der Waals surface area contributed by atoms with Crippen LogP contribution < -0.4 is 10.6 Å². The van der Waals surface area contributed by atoms with Crippen LogP contribution in [0.15, 0.2) is 47.3 Å². The first-order valence-electron chi connectivity index (χ1n) is 10.4. The number of hydrogen-bond donors (Lipinski definition) is 3. The summed E-state index contributed by atoms with van der Waals surface area (Å²) in [6.45, 7) is 2.54. The number of aromatic nitrogens is 1. The first-order valence-corrected chi connectivity index (χ1v) is 11.4. The number of likely N-dealkylation sites (tertiary alicyclic amines) is 1. The third-order valence-electron chi connectivity index (χ3n) is 5.70. The summed E-state index contributed by atoms with van der Waals surface area (Å²) in [4.78, 5) is 42.3. The molecule has 0 aliphatic carbocycles. The van der Waals surface area contributed by atoms with Gasteiger partial charge < -0.3 is 20.5 Å². The predicted molar refractivity (Wildman–Crippen MR) is 121 cm³/mol. The standard InChI is InChI=1S/C23H26N4O3S/c1-15(28)25-21(12-17-13-24-20-5-3-2-4-19(17)20)23(30)27-9-6-18(7-10-27)26-22(29)16-8-11-31-14-16/h2-5,8,11,13-14,18,21,24H,6-7,9-10,12H2,1H3,(H,25,28)(H,26,29). The SMILES string of the molecule is CC(=O)NC(Cc1c[nH]c2ccccc12)C(=O)N1CCC(NC(=O)c2ccsc2)CC1. The first kappa shape index (κ1) is 21.1. The average Bonchev–Trinajstić information content (AvgIpc) is 3.44. The van der Waals surface area contributed by atoms with Crippen molar-refractivity contribution in [1.82, 2.24) is 20.5 Å². The van der Waals surface area contributed by atoms with Crippen LogP contribution in [0, 0.1) is 0 Å². The Bertz CT molecular complexity index is 1070. The minimum atomic E-state index is -0.617. The maximum Gasteiger partial charge on any atom is 0.252 e. The van der Waals surface area contributed by atoms with Gasteiger partial charge >= 0.3 is 0 Å². The minimum absolute atomic E-state index is 0.0456. The number of nitrogens with zero attached hydrogens (tertiary/aromatic N) is 1. The van der Waals surface area contributed by atoms with Crippen molar-refractivity contribution in [2.75, 3.05) is 13.1 Å². The van der Waals surface area contributed by atoms with E-state index in [4.69, 9.17) is 0 Å². The molecule has 4 rings (SSSR count). The zero-order chi connectivity index (χ0) is 21.8. The number of thiophene rings is 1. The molecule has 8 heteroatoms. The number of rotatable bonds is 6. The molecule has 1 aliphatic heterocycles. The lowest BCUT2D eigenvalue weighted by atomic mass is 10.0. The van der Waals surface area contributed by atoms with Gasteiger partial charge in [-0.2, -0.15) is 11.3 Å². The molecule has 1 aromatic carbocycles. The molecular formula is C23H26N4O3S. The van der Waals surface area contributed by atoms with Gasteiger partial charge in [-0.25, -0.2) is 0 Å². The van der Waals surface area contributed by atoms with E-state index in [2.05, 4.69) is 15.6 Å². The zero-order valence-corrected chi connectivity index (χ0v) is 18.2. The van der Waals surface area contributed by atoms with E-state index in [1.807, 2.05) is 41.2 Å². The summed E-state index contributed by atoms with van der Waals surface area (Å²) in [6, 6.07) is 9.16. The Morgan fingerprint density at radius 1 is 1.19 bits per heavy atom. The van der Waals surface area contributed by atoms with Crippen molar-refractivity contribution in [1.29, 1.82) is 0 Å². The second kappa shape index (κ2) is 9.34. The molecular weight excluding hydrogens is 412 g/mol. The summed E-state index contributed by atoms with van der Waals surface area (Å²) in [5.74, 6) is -0.374. The number of carbonyl (C=O) groups excluding carboxylic acids is 3. The third-order valence-corrected chi connectivity index (χ3v) is 6.38. The van der Waals surface area contributed by atoms with Gasteiger partial charge in [0, 0.05) is 60.5 Å². The zero-order valence-electron chi connectivity index (χ0n) is 17.4. The molecule has 1 aliphatic rings. The van der Waals surface area contributed by atoms with Crippen LogP contribution in [0.5, 0.6) is 0 Å². The van der Waals surface area contributed by atoms with Crippen LogP contribution in [-0.4, -0.2) is 52.8 Å². The summed E-state index contributed by atoms with van der Waals surface area (Å²) in [6.07, 6.45) is 3.72. The molecule has 3 aromatic rings. The number of amides is 3. The van der Waals surface area contributed by atoms with Gasteiger partial charge in [-0.15, -0.1) is 0 Å². The number of fused-ring (bicyclic) bond motifs is 1. The van der Waals surface area contributed by atoms with E-state index in [1.165, 1.54) is 18.3 Å². The lowest BCUT2D eigenvalue weighted by Crippen LogP contribution is -2.53. The van der Waals surface area contributed by atoms with Gasteiger partial charge in [0.1, 0.15) is 6.04 Å². The monoisotopic (exact) mass is 438 g/mol. The van der Waals surface area contributed by atoms with E-state index in [9.17, 15) is 14.4 Å². The Morgan fingerprint density at radius 3 is 2.68 bits per heavy atom. The van der Waals surface area contributed by atoms with Crippen LogP contribution in [0.4, 0.5) is 0 Å². The van der Waals surface area contributed by atoms with Crippen LogP contribution in [0.25, 0.3) is 10.9 Å². The minimum Gasteiger partial charge on any atom is -0.361 e. The number of H-pyrrole nitrogens is 1. The summed E-state index contributed by atoms with van der Waals surface area (Å²) in [5.41, 5.74) is 2.68. The van der Waals surface area contributed by atoms with Gasteiger partial charge in [0.25, 0.3) is 5.91 Å². The quantitative estimate of drug-likeness (QED) is 0.552. The topological polar surface area (TPSA) is 94.3 Å². The molecule has 0 radical (unpaired) electrons. The fourth-order valence-electron chi connectivity index (χ4n) is 4.09. The highest BCUT2D eigenvalue weighted by Crippen LogP contribution is 2.21. The van der Waals surface area contributed by atoms with Gasteiger partial charge in [-0.05, 0) is 35.9 Å². The number of carbonyl (C=O) groups is 3. The smallest absolute Gasteiger partial charge is 0.252 e. The molecule has 1 atom stereocenters. The van der Waals surface area contributed by atoms with Crippen molar-refractivity contribution in [2.45, 2.75) is 38.3 Å². The van der Waals surface area contributed by atoms with Crippen LogP contribution >= 0.6 is 11.3 Å². The molecule has 3 heterocycles. The molecule has 3 amide bonds. The number of para-hydroxylation sites is 1. The summed E-state index contributed by atoms with van der Waals surface area (Å²) in [7, 11) is 0. The van der Waals surface area contributed by atoms with E-state index < -0.39 is 6.04 Å². The molecule has 2 aromatic heterocycles. The largest absolute Gasteiger partial charge is 0.361 e. The van der Waals surface area contributed by atoms with E-state index in [0.29, 0.717) is 37.9 Å². The van der Waals surface area contributed by atoms with Gasteiger partial charge in [0.2, 0.25) is 11.8 Å². The molecule has 162 valence electrons. The fourth-order valence-corrected chi connectivity index (χ4v) is 4.73.